The van der Waals surface area contributed by atoms with Gasteiger partial charge < -0.3 is 14.9 Å². The van der Waals surface area contributed by atoms with Crippen LogP contribution in [-0.2, 0) is 4.74 Å². The Morgan fingerprint density at radius 2 is 1.36 bits per heavy atom. The van der Waals surface area contributed by atoms with Crippen molar-refractivity contribution in [1.29, 1.82) is 0 Å². The summed E-state index contributed by atoms with van der Waals surface area (Å²) in [5, 5.41) is 16.2. The quantitative estimate of drug-likeness (QED) is 0.463. The van der Waals surface area contributed by atoms with Crippen molar-refractivity contribution in [3.05, 3.63) is 25.3 Å². The zero-order chi connectivity index (χ0) is 11.1. The number of unbranched alkanes of at least 4 members (excludes halogenated alkanes) is 2. The Hall–Kier alpha value is -0.640. The zero-order valence-corrected chi connectivity index (χ0v) is 8.82. The summed E-state index contributed by atoms with van der Waals surface area (Å²) in [5.41, 5.74) is 0. The highest BCUT2D eigenvalue weighted by molar-refractivity contribution is 4.71. The Bertz CT molecular complexity index is 101. The third-order valence-electron chi connectivity index (χ3n) is 1.29. The molecule has 0 radical (unpaired) electrons. The molecule has 0 aliphatic carbocycles. The first kappa shape index (κ1) is 15.8. The fourth-order valence-electron chi connectivity index (χ4n) is 0.638. The van der Waals surface area contributed by atoms with E-state index in [1.807, 2.05) is 12.2 Å². The molecule has 84 valence electrons. The van der Waals surface area contributed by atoms with Crippen molar-refractivity contribution in [2.24, 2.45) is 0 Å². The predicted molar refractivity (Wildman–Crippen MR) is 59.2 cm³/mol. The monoisotopic (exact) mass is 202 g/mol. The summed E-state index contributed by atoms with van der Waals surface area (Å²) in [6.45, 7) is 7.89. The summed E-state index contributed by atoms with van der Waals surface area (Å²) in [6.07, 6.45) is 7.30. The van der Waals surface area contributed by atoms with E-state index in [9.17, 15) is 0 Å². The molecule has 0 spiro atoms. The van der Waals surface area contributed by atoms with Gasteiger partial charge in [-0.05, 0) is 19.3 Å². The third-order valence-corrected chi connectivity index (χ3v) is 1.29. The van der Waals surface area contributed by atoms with Crippen molar-refractivity contribution >= 4 is 0 Å². The number of rotatable bonds is 8. The molecule has 14 heavy (non-hydrogen) atoms. The van der Waals surface area contributed by atoms with Gasteiger partial charge in [0.25, 0.3) is 0 Å². The molecule has 0 unspecified atom stereocenters. The van der Waals surface area contributed by atoms with Crippen molar-refractivity contribution in [3.63, 3.8) is 0 Å². The number of allylic oxidation sites excluding steroid dienone is 2. The Labute approximate surface area is 86.7 Å². The van der Waals surface area contributed by atoms with Gasteiger partial charge in [-0.3, -0.25) is 0 Å². The minimum atomic E-state index is 0.0278. The van der Waals surface area contributed by atoms with Crippen LogP contribution >= 0.6 is 0 Å². The maximum atomic E-state index is 8.09. The fourth-order valence-corrected chi connectivity index (χ4v) is 0.638. The first-order chi connectivity index (χ1) is 6.83. The van der Waals surface area contributed by atoms with E-state index in [0.717, 1.165) is 12.8 Å². The highest BCUT2D eigenvalue weighted by Crippen LogP contribution is 1.93. The minimum Gasteiger partial charge on any atom is -0.394 e. The smallest absolute Gasteiger partial charge is 0.0698 e. The lowest BCUT2D eigenvalue weighted by molar-refractivity contribution is 0.0650. The van der Waals surface area contributed by atoms with E-state index in [0.29, 0.717) is 13.2 Å². The number of ether oxygens (including phenoxy) is 1. The van der Waals surface area contributed by atoms with Crippen LogP contribution in [0.2, 0.25) is 0 Å². The third kappa shape index (κ3) is 22.5. The van der Waals surface area contributed by atoms with Crippen LogP contribution in [0.1, 0.15) is 19.3 Å². The van der Waals surface area contributed by atoms with E-state index >= 15 is 0 Å². The summed E-state index contributed by atoms with van der Waals surface area (Å²) in [7, 11) is 0. The van der Waals surface area contributed by atoms with Gasteiger partial charge in [0.1, 0.15) is 0 Å². The van der Waals surface area contributed by atoms with E-state index < -0.39 is 0 Å². The lowest BCUT2D eigenvalue weighted by Crippen LogP contribution is -2.03. The fraction of sp³-hybridized carbons (Fsp3) is 0.636. The highest BCUT2D eigenvalue weighted by atomic mass is 16.5. The average Bonchev–Trinajstić information content (AvgIpc) is 2.21. The molecule has 0 aliphatic rings. The maximum Gasteiger partial charge on any atom is 0.0698 e. The first-order valence-corrected chi connectivity index (χ1v) is 4.84. The molecule has 0 aromatic heterocycles. The van der Waals surface area contributed by atoms with E-state index in [-0.39, 0.29) is 13.2 Å². The molecular formula is C11H22O3. The lowest BCUT2D eigenvalue weighted by atomic mass is 10.2. The SMILES string of the molecule is C=CCCCC=C.OCCOCCO. The van der Waals surface area contributed by atoms with Gasteiger partial charge in [0.2, 0.25) is 0 Å². The molecule has 0 aromatic carbocycles. The molecule has 0 heterocycles. The molecule has 0 atom stereocenters. The van der Waals surface area contributed by atoms with Crippen LogP contribution in [-0.4, -0.2) is 36.6 Å². The van der Waals surface area contributed by atoms with Crippen molar-refractivity contribution in [2.75, 3.05) is 26.4 Å². The van der Waals surface area contributed by atoms with Gasteiger partial charge in [-0.2, -0.15) is 0 Å². The predicted octanol–water partition coefficient (Wildman–Crippen LogP) is 1.52. The molecule has 0 aliphatic heterocycles. The topological polar surface area (TPSA) is 49.7 Å². The second-order valence-electron chi connectivity index (χ2n) is 2.57. The van der Waals surface area contributed by atoms with Gasteiger partial charge in [0.05, 0.1) is 26.4 Å². The molecular weight excluding hydrogens is 180 g/mol. The van der Waals surface area contributed by atoms with Crippen molar-refractivity contribution in [1.82, 2.24) is 0 Å². The van der Waals surface area contributed by atoms with Crippen molar-refractivity contribution in [2.45, 2.75) is 19.3 Å². The Kier molecular flexibility index (Phi) is 20.6. The molecule has 0 fully saturated rings. The Morgan fingerprint density at radius 3 is 1.64 bits per heavy atom. The van der Waals surface area contributed by atoms with Crippen LogP contribution in [0, 0.1) is 0 Å². The van der Waals surface area contributed by atoms with E-state index in [1.165, 1.54) is 6.42 Å². The minimum absolute atomic E-state index is 0.0278. The maximum absolute atomic E-state index is 8.09. The highest BCUT2D eigenvalue weighted by Gasteiger charge is 1.79. The molecule has 0 amide bonds. The first-order valence-electron chi connectivity index (χ1n) is 4.84. The molecule has 0 rings (SSSR count). The summed E-state index contributed by atoms with van der Waals surface area (Å²) in [4.78, 5) is 0. The molecule has 0 bridgehead atoms. The van der Waals surface area contributed by atoms with Crippen LogP contribution < -0.4 is 0 Å². The van der Waals surface area contributed by atoms with Gasteiger partial charge in [0.15, 0.2) is 0 Å². The standard InChI is InChI=1S/C7H12.C4H10O3/c1-3-5-7-6-4-2;5-1-3-7-4-2-6/h3-4H,1-2,5-7H2;5-6H,1-4H2. The van der Waals surface area contributed by atoms with Gasteiger partial charge >= 0.3 is 0 Å². The molecule has 3 nitrogen and oxygen atoms in total. The molecule has 3 heteroatoms. The number of hydrogen-bond acceptors (Lipinski definition) is 3. The van der Waals surface area contributed by atoms with Gasteiger partial charge in [0, 0.05) is 0 Å². The summed E-state index contributed by atoms with van der Waals surface area (Å²) < 4.78 is 4.63. The number of aliphatic hydroxyl groups excluding tert-OH is 2. The summed E-state index contributed by atoms with van der Waals surface area (Å²) in [5.74, 6) is 0. The second kappa shape index (κ2) is 18.2. The normalized spacial score (nSPS) is 8.71. The Morgan fingerprint density at radius 1 is 0.929 bits per heavy atom. The largest absolute Gasteiger partial charge is 0.394 e. The Balaban J connectivity index is 0. The summed E-state index contributed by atoms with van der Waals surface area (Å²) >= 11 is 0. The van der Waals surface area contributed by atoms with Crippen LogP contribution in [0.15, 0.2) is 25.3 Å². The average molecular weight is 202 g/mol. The second-order valence-corrected chi connectivity index (χ2v) is 2.57. The lowest BCUT2D eigenvalue weighted by Gasteiger charge is -1.94. The zero-order valence-electron chi connectivity index (χ0n) is 8.82. The van der Waals surface area contributed by atoms with Crippen molar-refractivity contribution < 1.29 is 14.9 Å². The molecule has 0 saturated heterocycles. The van der Waals surface area contributed by atoms with Crippen LogP contribution in [0.4, 0.5) is 0 Å². The van der Waals surface area contributed by atoms with Crippen LogP contribution in [0.3, 0.4) is 0 Å². The van der Waals surface area contributed by atoms with Gasteiger partial charge in [-0.25, -0.2) is 0 Å². The molecule has 2 N–H and O–H groups in total. The summed E-state index contributed by atoms with van der Waals surface area (Å²) in [6, 6.07) is 0. The number of hydrogen-bond donors (Lipinski definition) is 2. The van der Waals surface area contributed by atoms with Crippen molar-refractivity contribution in [3.8, 4) is 0 Å². The number of aliphatic hydroxyl groups is 2. The van der Waals surface area contributed by atoms with E-state index in [2.05, 4.69) is 17.9 Å². The van der Waals surface area contributed by atoms with Crippen LogP contribution in [0.25, 0.3) is 0 Å². The van der Waals surface area contributed by atoms with E-state index in [1.54, 1.807) is 0 Å². The molecule has 0 aromatic rings. The van der Waals surface area contributed by atoms with Crippen LogP contribution in [0.5, 0.6) is 0 Å². The van der Waals surface area contributed by atoms with E-state index in [4.69, 9.17) is 10.2 Å². The molecule has 0 saturated carbocycles. The van der Waals surface area contributed by atoms with Gasteiger partial charge in [-0.1, -0.05) is 12.2 Å². The van der Waals surface area contributed by atoms with Gasteiger partial charge in [-0.15, -0.1) is 13.2 Å².